The average Bonchev–Trinajstić information content (AvgIpc) is 3.03. The molecular formula is C19H13N3O2. The first-order valence-corrected chi connectivity index (χ1v) is 7.52. The quantitative estimate of drug-likeness (QED) is 0.415. The Hall–Kier alpha value is -3.47. The number of nitrogens with zero attached hydrogens (tertiary/aromatic N) is 3. The van der Waals surface area contributed by atoms with Gasteiger partial charge in [0.1, 0.15) is 5.52 Å². The monoisotopic (exact) mass is 315 g/mol. The van der Waals surface area contributed by atoms with Crippen LogP contribution in [0.4, 0.5) is 0 Å². The van der Waals surface area contributed by atoms with E-state index in [2.05, 4.69) is 5.10 Å². The largest absolute Gasteiger partial charge is 0.339 e. The molecule has 4 aromatic rings. The van der Waals surface area contributed by atoms with Gasteiger partial charge in [0.25, 0.3) is 0 Å². The Labute approximate surface area is 137 Å². The van der Waals surface area contributed by atoms with Crippen LogP contribution in [0.25, 0.3) is 33.3 Å². The number of fused-ring (bicyclic) bond motifs is 1. The molecule has 0 N–H and O–H groups in total. The molecule has 3 aromatic carbocycles. The molecule has 0 aliphatic carbocycles. The lowest BCUT2D eigenvalue weighted by Crippen LogP contribution is -2.09. The third kappa shape index (κ3) is 2.32. The van der Waals surface area contributed by atoms with E-state index in [1.165, 1.54) is 0 Å². The van der Waals surface area contributed by atoms with Crippen molar-refractivity contribution >= 4 is 10.9 Å². The first-order valence-electron chi connectivity index (χ1n) is 7.52. The molecule has 0 saturated heterocycles. The van der Waals surface area contributed by atoms with Gasteiger partial charge in [-0.3, -0.25) is 0 Å². The van der Waals surface area contributed by atoms with E-state index in [1.54, 1.807) is 12.1 Å². The van der Waals surface area contributed by atoms with E-state index in [-0.39, 0.29) is 0 Å². The Morgan fingerprint density at radius 3 is 2.25 bits per heavy atom. The van der Waals surface area contributed by atoms with Crippen molar-refractivity contribution in [3.05, 3.63) is 89.0 Å². The lowest BCUT2D eigenvalue weighted by molar-refractivity contribution is -0.548. The van der Waals surface area contributed by atoms with Crippen LogP contribution >= 0.6 is 0 Å². The second-order valence-corrected chi connectivity index (χ2v) is 5.44. The number of rotatable bonds is 3. The van der Waals surface area contributed by atoms with Gasteiger partial charge in [0.2, 0.25) is 5.69 Å². The van der Waals surface area contributed by atoms with Crippen molar-refractivity contribution in [2.75, 3.05) is 0 Å². The maximum absolute atomic E-state index is 11.3. The van der Waals surface area contributed by atoms with Gasteiger partial charge in [-0.15, -0.1) is 0 Å². The van der Waals surface area contributed by atoms with E-state index in [9.17, 15) is 10.1 Å². The minimum absolute atomic E-state index is 0.489. The van der Waals surface area contributed by atoms with E-state index in [1.807, 2.05) is 66.7 Å². The maximum atomic E-state index is 11.3. The fourth-order valence-electron chi connectivity index (χ4n) is 2.87. The first-order chi connectivity index (χ1) is 11.7. The smallest absolute Gasteiger partial charge is 0.218 e. The van der Waals surface area contributed by atoms with E-state index in [0.717, 1.165) is 26.9 Å². The molecule has 0 bridgehead atoms. The molecule has 0 amide bonds. The van der Waals surface area contributed by atoms with Crippen molar-refractivity contribution in [2.24, 2.45) is 0 Å². The van der Waals surface area contributed by atoms with Crippen LogP contribution in [0.5, 0.6) is 0 Å². The number of hydrogen-bond donors (Lipinski definition) is 0. The van der Waals surface area contributed by atoms with Gasteiger partial charge in [0.05, 0.1) is 15.5 Å². The van der Waals surface area contributed by atoms with E-state index in [4.69, 9.17) is 0 Å². The maximum Gasteiger partial charge on any atom is 0.218 e. The van der Waals surface area contributed by atoms with Crippen LogP contribution in [-0.2, 0) is 0 Å². The summed E-state index contributed by atoms with van der Waals surface area (Å²) in [5, 5.41) is 15.7. The second kappa shape index (κ2) is 5.62. The van der Waals surface area contributed by atoms with Gasteiger partial charge in [0, 0.05) is 10.4 Å². The molecule has 1 aromatic heterocycles. The Bertz CT molecular complexity index is 1040. The van der Waals surface area contributed by atoms with Crippen LogP contribution in [0.1, 0.15) is 0 Å². The number of aromatic nitrogens is 2. The fraction of sp³-hybridized carbons (Fsp3) is 0. The molecule has 0 fully saturated rings. The summed E-state index contributed by atoms with van der Waals surface area (Å²) in [6, 6.07) is 25.1. The summed E-state index contributed by atoms with van der Waals surface area (Å²) in [4.78, 5) is 12.1. The highest BCUT2D eigenvalue weighted by molar-refractivity contribution is 5.93. The van der Waals surface area contributed by atoms with Crippen LogP contribution in [0.15, 0.2) is 78.9 Å². The Morgan fingerprint density at radius 1 is 0.792 bits per heavy atom. The van der Waals surface area contributed by atoms with Crippen molar-refractivity contribution in [3.63, 3.8) is 0 Å². The molecule has 24 heavy (non-hydrogen) atoms. The molecule has 0 spiro atoms. The predicted molar refractivity (Wildman–Crippen MR) is 93.0 cm³/mol. The van der Waals surface area contributed by atoms with Gasteiger partial charge >= 0.3 is 0 Å². The van der Waals surface area contributed by atoms with Gasteiger partial charge in [-0.2, -0.15) is 0 Å². The van der Waals surface area contributed by atoms with E-state index in [0.29, 0.717) is 11.2 Å². The van der Waals surface area contributed by atoms with Crippen molar-refractivity contribution in [3.8, 4) is 22.4 Å². The summed E-state index contributed by atoms with van der Waals surface area (Å²) in [5.41, 5.74) is 4.10. The summed E-state index contributed by atoms with van der Waals surface area (Å²) in [5.74, 6) is 0. The molecule has 4 rings (SSSR count). The van der Waals surface area contributed by atoms with Gasteiger partial charge in [-0.05, 0) is 29.3 Å². The molecule has 116 valence electrons. The topological polar surface area (TPSA) is 61.0 Å². The molecule has 0 aliphatic rings. The Balaban J connectivity index is 1.91. The zero-order valence-electron chi connectivity index (χ0n) is 12.7. The SMILES string of the molecule is O=[N+]([O-])n1nc(-c2cccc(-c3ccccc3)c2)c2ccccc21. The van der Waals surface area contributed by atoms with Crippen molar-refractivity contribution < 1.29 is 5.03 Å². The van der Waals surface area contributed by atoms with Crippen molar-refractivity contribution in [1.82, 2.24) is 9.89 Å². The zero-order chi connectivity index (χ0) is 16.5. The van der Waals surface area contributed by atoms with Gasteiger partial charge in [-0.25, -0.2) is 0 Å². The number of nitro groups is 1. The lowest BCUT2D eigenvalue weighted by Gasteiger charge is -2.02. The number of hydrogen-bond acceptors (Lipinski definition) is 3. The summed E-state index contributed by atoms with van der Waals surface area (Å²) < 4.78 is 0. The van der Waals surface area contributed by atoms with Gasteiger partial charge < -0.3 is 10.1 Å². The highest BCUT2D eigenvalue weighted by atomic mass is 16.7. The Morgan fingerprint density at radius 2 is 1.46 bits per heavy atom. The van der Waals surface area contributed by atoms with Crippen LogP contribution in [0.2, 0.25) is 0 Å². The molecule has 0 atom stereocenters. The molecule has 1 heterocycles. The average molecular weight is 315 g/mol. The highest BCUT2D eigenvalue weighted by Crippen LogP contribution is 2.30. The summed E-state index contributed by atoms with van der Waals surface area (Å²) in [6.07, 6.45) is 0. The third-order valence-electron chi connectivity index (χ3n) is 3.97. The van der Waals surface area contributed by atoms with Crippen LogP contribution in [0, 0.1) is 10.1 Å². The molecular weight excluding hydrogens is 302 g/mol. The Kier molecular flexibility index (Phi) is 3.31. The summed E-state index contributed by atoms with van der Waals surface area (Å²) in [7, 11) is 0. The van der Waals surface area contributed by atoms with Crippen molar-refractivity contribution in [1.29, 1.82) is 0 Å². The molecule has 0 saturated carbocycles. The molecule has 0 unspecified atom stereocenters. The van der Waals surface area contributed by atoms with Crippen molar-refractivity contribution in [2.45, 2.75) is 0 Å². The first kappa shape index (κ1) is 14.1. The van der Waals surface area contributed by atoms with E-state index < -0.39 is 5.03 Å². The molecule has 5 nitrogen and oxygen atoms in total. The van der Waals surface area contributed by atoms with Crippen LogP contribution in [0.3, 0.4) is 0 Å². The summed E-state index contributed by atoms with van der Waals surface area (Å²) >= 11 is 0. The molecule has 0 radical (unpaired) electrons. The van der Waals surface area contributed by atoms with Gasteiger partial charge in [0.15, 0.2) is 0 Å². The second-order valence-electron chi connectivity index (χ2n) is 5.44. The number of benzene rings is 3. The fourth-order valence-corrected chi connectivity index (χ4v) is 2.87. The van der Waals surface area contributed by atoms with E-state index >= 15 is 0 Å². The molecule has 0 aliphatic heterocycles. The predicted octanol–water partition coefficient (Wildman–Crippen LogP) is 4.41. The van der Waals surface area contributed by atoms with Crippen LogP contribution < -0.4 is 0 Å². The minimum atomic E-state index is -0.507. The summed E-state index contributed by atoms with van der Waals surface area (Å²) in [6.45, 7) is 0. The minimum Gasteiger partial charge on any atom is -0.339 e. The third-order valence-corrected chi connectivity index (χ3v) is 3.97. The highest BCUT2D eigenvalue weighted by Gasteiger charge is 2.20. The normalized spacial score (nSPS) is 10.8. The standard InChI is InChI=1S/C19H13N3O2/c23-22(24)21-18-12-5-4-11-17(18)19(20-21)16-10-6-9-15(13-16)14-7-2-1-3-8-14/h1-13H. The zero-order valence-corrected chi connectivity index (χ0v) is 12.7. The molecule has 5 heteroatoms. The lowest BCUT2D eigenvalue weighted by atomic mass is 10.0. The number of para-hydroxylation sites is 1. The van der Waals surface area contributed by atoms with Gasteiger partial charge in [-0.1, -0.05) is 60.7 Å². The van der Waals surface area contributed by atoms with Crippen LogP contribution in [-0.4, -0.2) is 14.9 Å².